The first kappa shape index (κ1) is 22.2. The second kappa shape index (κ2) is 9.88. The van der Waals surface area contributed by atoms with Gasteiger partial charge in [0.15, 0.2) is 11.6 Å². The maximum Gasteiger partial charge on any atom is 0.232 e. The summed E-state index contributed by atoms with van der Waals surface area (Å²) in [6, 6.07) is 0.891. The summed E-state index contributed by atoms with van der Waals surface area (Å²) in [4.78, 5) is 25.4. The first-order valence-electron chi connectivity index (χ1n) is 9.29. The van der Waals surface area contributed by atoms with Crippen LogP contribution in [0.4, 0.5) is 13.2 Å². The van der Waals surface area contributed by atoms with Crippen molar-refractivity contribution in [1.82, 2.24) is 10.2 Å². The molecular weight excluding hydrogens is 375 g/mol. The third-order valence-electron chi connectivity index (χ3n) is 4.95. The van der Waals surface area contributed by atoms with Gasteiger partial charge in [-0.2, -0.15) is 0 Å². The molecule has 1 aromatic carbocycles. The molecule has 1 unspecified atom stereocenters. The molecule has 0 aromatic heterocycles. The van der Waals surface area contributed by atoms with E-state index in [1.165, 1.54) is 6.92 Å². The van der Waals surface area contributed by atoms with Gasteiger partial charge in [-0.05, 0) is 43.7 Å². The maximum atomic E-state index is 13.8. The minimum Gasteiger partial charge on any atom is -0.392 e. The number of nitrogens with two attached hydrogens (primary N) is 1. The third-order valence-corrected chi connectivity index (χ3v) is 4.95. The fourth-order valence-corrected chi connectivity index (χ4v) is 3.29. The van der Waals surface area contributed by atoms with Crippen molar-refractivity contribution in [3.63, 3.8) is 0 Å². The second-order valence-electron chi connectivity index (χ2n) is 7.27. The lowest BCUT2D eigenvalue weighted by molar-refractivity contribution is -0.137. The van der Waals surface area contributed by atoms with Crippen molar-refractivity contribution in [2.24, 2.45) is 11.7 Å². The van der Waals surface area contributed by atoms with Gasteiger partial charge in [0.25, 0.3) is 0 Å². The molecule has 0 radical (unpaired) electrons. The number of likely N-dealkylation sites (tertiary alicyclic amines) is 1. The van der Waals surface area contributed by atoms with E-state index in [4.69, 9.17) is 10.8 Å². The van der Waals surface area contributed by atoms with E-state index in [0.717, 1.165) is 6.07 Å². The Hall–Kier alpha value is -2.13. The predicted molar refractivity (Wildman–Crippen MR) is 96.6 cm³/mol. The molecule has 1 aliphatic heterocycles. The van der Waals surface area contributed by atoms with Gasteiger partial charge in [0, 0.05) is 31.7 Å². The van der Waals surface area contributed by atoms with Crippen molar-refractivity contribution in [2.75, 3.05) is 19.6 Å². The summed E-state index contributed by atoms with van der Waals surface area (Å²) >= 11 is 0. The number of piperidine rings is 1. The number of hydrogen-bond acceptors (Lipinski definition) is 4. The van der Waals surface area contributed by atoms with E-state index < -0.39 is 35.5 Å². The number of rotatable bonds is 7. The smallest absolute Gasteiger partial charge is 0.232 e. The molecule has 156 valence electrons. The lowest BCUT2D eigenvalue weighted by Gasteiger charge is -2.35. The summed E-state index contributed by atoms with van der Waals surface area (Å²) in [5.74, 6) is -3.93. The first-order chi connectivity index (χ1) is 13.2. The highest BCUT2D eigenvalue weighted by atomic mass is 19.2. The number of nitrogens with one attached hydrogen (secondary N) is 1. The molecule has 0 bridgehead atoms. The Morgan fingerprint density at radius 1 is 1.21 bits per heavy atom. The Kier molecular flexibility index (Phi) is 7.82. The van der Waals surface area contributed by atoms with Crippen molar-refractivity contribution in [2.45, 2.75) is 44.8 Å². The Labute approximate surface area is 161 Å². The van der Waals surface area contributed by atoms with E-state index in [1.807, 2.05) is 0 Å². The number of amides is 2. The van der Waals surface area contributed by atoms with Gasteiger partial charge in [-0.1, -0.05) is 0 Å². The molecule has 6 nitrogen and oxygen atoms in total. The van der Waals surface area contributed by atoms with E-state index in [2.05, 4.69) is 5.32 Å². The lowest BCUT2D eigenvalue weighted by atomic mass is 9.86. The molecule has 2 rings (SSSR count). The van der Waals surface area contributed by atoms with Crippen LogP contribution in [-0.2, 0) is 16.0 Å². The van der Waals surface area contributed by atoms with E-state index >= 15 is 0 Å². The summed E-state index contributed by atoms with van der Waals surface area (Å²) in [5, 5.41) is 11.6. The number of carbonyl (C=O) groups excluding carboxylic acids is 2. The number of benzene rings is 1. The van der Waals surface area contributed by atoms with Crippen LogP contribution in [0.1, 0.15) is 31.7 Å². The zero-order chi connectivity index (χ0) is 20.8. The summed E-state index contributed by atoms with van der Waals surface area (Å²) in [6.45, 7) is 2.45. The van der Waals surface area contributed by atoms with E-state index in [9.17, 15) is 22.8 Å². The van der Waals surface area contributed by atoms with Crippen molar-refractivity contribution < 1.29 is 27.9 Å². The fraction of sp³-hybridized carbons (Fsp3) is 0.579. The Bertz CT molecular complexity index is 707. The quantitative estimate of drug-likeness (QED) is 0.471. The monoisotopic (exact) mass is 401 g/mol. The molecule has 0 aliphatic carbocycles. The van der Waals surface area contributed by atoms with Crippen LogP contribution >= 0.6 is 0 Å². The largest absolute Gasteiger partial charge is 0.392 e. The van der Waals surface area contributed by atoms with Crippen LogP contribution in [0.5, 0.6) is 0 Å². The standard InChI is InChI=1S/C19H26F3N3O3/c1-11(26)10-24-18(27)9-19(28)25-4-2-12(3-5-25)17(23)7-13-6-15(21)16(22)8-14(13)20/h6,8,11-12,17,26H,2-5,7,9-10,23H2,1H3,(H,24,27)/t11?,17-/m1/s1. The predicted octanol–water partition coefficient (Wildman–Crippen LogP) is 1.10. The second-order valence-corrected chi connectivity index (χ2v) is 7.27. The van der Waals surface area contributed by atoms with Crippen molar-refractivity contribution >= 4 is 11.8 Å². The number of nitrogens with zero attached hydrogens (tertiary/aromatic N) is 1. The summed E-state index contributed by atoms with van der Waals surface area (Å²) in [7, 11) is 0. The zero-order valence-corrected chi connectivity index (χ0v) is 15.8. The molecule has 1 aliphatic rings. The fourth-order valence-electron chi connectivity index (χ4n) is 3.29. The lowest BCUT2D eigenvalue weighted by Crippen LogP contribution is -2.45. The van der Waals surface area contributed by atoms with E-state index in [-0.39, 0.29) is 36.8 Å². The molecule has 9 heteroatoms. The molecule has 1 saturated heterocycles. The van der Waals surface area contributed by atoms with E-state index in [1.54, 1.807) is 4.90 Å². The van der Waals surface area contributed by atoms with Gasteiger partial charge in [0.05, 0.1) is 6.10 Å². The molecule has 28 heavy (non-hydrogen) atoms. The van der Waals surface area contributed by atoms with Crippen molar-refractivity contribution in [3.8, 4) is 0 Å². The van der Waals surface area contributed by atoms with E-state index in [0.29, 0.717) is 32.0 Å². The summed E-state index contributed by atoms with van der Waals surface area (Å²) in [5.41, 5.74) is 6.16. The topological polar surface area (TPSA) is 95.7 Å². The molecule has 1 heterocycles. The van der Waals surface area contributed by atoms with Gasteiger partial charge < -0.3 is 21.1 Å². The highest BCUT2D eigenvalue weighted by Gasteiger charge is 2.28. The molecule has 0 saturated carbocycles. The third kappa shape index (κ3) is 6.20. The average molecular weight is 401 g/mol. The van der Waals surface area contributed by atoms with Gasteiger partial charge in [-0.25, -0.2) is 13.2 Å². The molecular formula is C19H26F3N3O3. The molecule has 0 spiro atoms. The SMILES string of the molecule is CC(O)CNC(=O)CC(=O)N1CCC([C@H](N)Cc2cc(F)c(F)cc2F)CC1. The minimum absolute atomic E-state index is 0.000583. The Morgan fingerprint density at radius 2 is 1.82 bits per heavy atom. The van der Waals surface area contributed by atoms with Crippen LogP contribution in [0.15, 0.2) is 12.1 Å². The zero-order valence-electron chi connectivity index (χ0n) is 15.8. The van der Waals surface area contributed by atoms with Gasteiger partial charge in [0.1, 0.15) is 12.2 Å². The van der Waals surface area contributed by atoms with Crippen molar-refractivity contribution in [1.29, 1.82) is 0 Å². The molecule has 2 atom stereocenters. The van der Waals surface area contributed by atoms with Crippen LogP contribution in [0.3, 0.4) is 0 Å². The van der Waals surface area contributed by atoms with Gasteiger partial charge >= 0.3 is 0 Å². The molecule has 2 amide bonds. The van der Waals surface area contributed by atoms with Crippen LogP contribution in [-0.4, -0.2) is 53.6 Å². The normalized spacial score (nSPS) is 17.3. The highest BCUT2D eigenvalue weighted by molar-refractivity contribution is 5.96. The number of carbonyl (C=O) groups is 2. The number of aliphatic hydroxyl groups excluding tert-OH is 1. The van der Waals surface area contributed by atoms with Gasteiger partial charge in [0.2, 0.25) is 11.8 Å². The molecule has 1 aromatic rings. The average Bonchev–Trinajstić information content (AvgIpc) is 2.64. The molecule has 4 N–H and O–H groups in total. The van der Waals surface area contributed by atoms with Gasteiger partial charge in [-0.3, -0.25) is 9.59 Å². The van der Waals surface area contributed by atoms with Crippen LogP contribution < -0.4 is 11.1 Å². The van der Waals surface area contributed by atoms with Crippen LogP contribution in [0, 0.1) is 23.4 Å². The Morgan fingerprint density at radius 3 is 2.43 bits per heavy atom. The Balaban J connectivity index is 1.82. The summed E-state index contributed by atoms with van der Waals surface area (Å²) < 4.78 is 40.1. The number of hydrogen-bond donors (Lipinski definition) is 3. The maximum absolute atomic E-state index is 13.8. The van der Waals surface area contributed by atoms with Crippen molar-refractivity contribution in [3.05, 3.63) is 35.1 Å². The molecule has 1 fully saturated rings. The number of halogens is 3. The van der Waals surface area contributed by atoms with Crippen LogP contribution in [0.2, 0.25) is 0 Å². The first-order valence-corrected chi connectivity index (χ1v) is 9.29. The minimum atomic E-state index is -1.24. The van der Waals surface area contributed by atoms with Crippen LogP contribution in [0.25, 0.3) is 0 Å². The van der Waals surface area contributed by atoms with Gasteiger partial charge in [-0.15, -0.1) is 0 Å². The number of aliphatic hydroxyl groups is 1. The highest BCUT2D eigenvalue weighted by Crippen LogP contribution is 2.24. The summed E-state index contributed by atoms with van der Waals surface area (Å²) in [6.07, 6.45) is 0.254.